The lowest BCUT2D eigenvalue weighted by atomic mass is 10.1. The zero-order chi connectivity index (χ0) is 14.6. The molecule has 0 fully saturated rings. The Labute approximate surface area is 149 Å². The Balaban J connectivity index is 0.00000220. The third-order valence-electron chi connectivity index (χ3n) is 3.32. The zero-order valence-corrected chi connectivity index (χ0v) is 16.5. The first-order valence-electron chi connectivity index (χ1n) is 7.24. The third kappa shape index (κ3) is 6.12. The second-order valence-electron chi connectivity index (χ2n) is 6.27. The number of nitrogens with zero attached hydrogens (tertiary/aromatic N) is 2. The van der Waals surface area contributed by atoms with Crippen LogP contribution in [0.2, 0.25) is 0 Å². The highest BCUT2D eigenvalue weighted by molar-refractivity contribution is 14.0. The number of halogens is 1. The van der Waals surface area contributed by atoms with Crippen LogP contribution < -0.4 is 10.6 Å². The van der Waals surface area contributed by atoms with Crippen molar-refractivity contribution < 1.29 is 0 Å². The first kappa shape index (κ1) is 18.7. The number of fused-ring (bicyclic) bond motifs is 1. The van der Waals surface area contributed by atoms with Crippen LogP contribution in [0.25, 0.3) is 0 Å². The lowest BCUT2D eigenvalue weighted by Gasteiger charge is -2.28. The fraction of sp³-hybridized carbons (Fsp3) is 0.667. The van der Waals surface area contributed by atoms with Gasteiger partial charge >= 0.3 is 0 Å². The summed E-state index contributed by atoms with van der Waals surface area (Å²) in [5.74, 6) is 0.880. The van der Waals surface area contributed by atoms with Crippen LogP contribution >= 0.6 is 35.3 Å². The summed E-state index contributed by atoms with van der Waals surface area (Å²) < 4.78 is 0. The lowest BCUT2D eigenvalue weighted by molar-refractivity contribution is 0.260. The Morgan fingerprint density at radius 1 is 1.43 bits per heavy atom. The maximum atomic E-state index is 4.26. The number of hydrogen-bond donors (Lipinski definition) is 2. The summed E-state index contributed by atoms with van der Waals surface area (Å²) in [7, 11) is 1.82. The van der Waals surface area contributed by atoms with Crippen molar-refractivity contribution >= 4 is 41.3 Å². The molecule has 0 spiro atoms. The lowest BCUT2D eigenvalue weighted by Crippen LogP contribution is -2.49. The number of hydrogen-bond acceptors (Lipinski definition) is 3. The first-order valence-corrected chi connectivity index (χ1v) is 8.12. The van der Waals surface area contributed by atoms with E-state index in [0.29, 0.717) is 0 Å². The molecule has 0 bridgehead atoms. The first-order chi connectivity index (χ1) is 9.48. The maximum Gasteiger partial charge on any atom is 0.191 e. The van der Waals surface area contributed by atoms with Gasteiger partial charge in [0.05, 0.1) is 0 Å². The molecule has 0 atom stereocenters. The molecular weight excluding hydrogens is 395 g/mol. The van der Waals surface area contributed by atoms with Crippen molar-refractivity contribution in [3.63, 3.8) is 0 Å². The molecule has 1 aliphatic heterocycles. The molecule has 0 radical (unpaired) electrons. The summed E-state index contributed by atoms with van der Waals surface area (Å²) in [5, 5.41) is 8.98. The van der Waals surface area contributed by atoms with Crippen LogP contribution in [0.4, 0.5) is 0 Å². The van der Waals surface area contributed by atoms with Crippen molar-refractivity contribution in [3.05, 3.63) is 21.9 Å². The van der Waals surface area contributed by atoms with E-state index >= 15 is 0 Å². The topological polar surface area (TPSA) is 39.7 Å². The molecule has 0 saturated heterocycles. The van der Waals surface area contributed by atoms with Gasteiger partial charge in [-0.3, -0.25) is 9.89 Å². The smallest absolute Gasteiger partial charge is 0.191 e. The van der Waals surface area contributed by atoms with Crippen molar-refractivity contribution in [1.29, 1.82) is 0 Å². The molecule has 0 unspecified atom stereocenters. The molecule has 1 aromatic heterocycles. The van der Waals surface area contributed by atoms with Crippen LogP contribution in [0, 0.1) is 0 Å². The molecule has 2 rings (SSSR count). The van der Waals surface area contributed by atoms with Gasteiger partial charge in [0.1, 0.15) is 0 Å². The molecule has 120 valence electrons. The van der Waals surface area contributed by atoms with E-state index in [4.69, 9.17) is 0 Å². The minimum atomic E-state index is 0. The second-order valence-corrected chi connectivity index (χ2v) is 7.27. The van der Waals surface area contributed by atoms with Crippen molar-refractivity contribution in [2.24, 2.45) is 4.99 Å². The molecule has 0 aromatic carbocycles. The molecule has 2 heterocycles. The van der Waals surface area contributed by atoms with E-state index in [9.17, 15) is 0 Å². The van der Waals surface area contributed by atoms with E-state index in [1.807, 2.05) is 18.4 Å². The van der Waals surface area contributed by atoms with Gasteiger partial charge in [0.25, 0.3) is 0 Å². The fourth-order valence-electron chi connectivity index (χ4n) is 2.36. The average Bonchev–Trinajstić information content (AvgIpc) is 2.83. The largest absolute Gasteiger partial charge is 0.355 e. The summed E-state index contributed by atoms with van der Waals surface area (Å²) in [6.45, 7) is 10.7. The van der Waals surface area contributed by atoms with Gasteiger partial charge in [0.2, 0.25) is 0 Å². The maximum absolute atomic E-state index is 4.26. The standard InChI is InChI=1S/C15H26N4S.HI/c1-15(2,3)18-14(16-4)17-7-9-19-8-5-13-12(11-19)6-10-20-13;/h6,10H,5,7-9,11H2,1-4H3,(H2,16,17,18);1H. The Kier molecular flexibility index (Phi) is 7.42. The van der Waals surface area contributed by atoms with E-state index in [1.165, 1.54) is 18.5 Å². The van der Waals surface area contributed by atoms with Crippen molar-refractivity contribution in [2.45, 2.75) is 39.3 Å². The molecule has 2 N–H and O–H groups in total. The van der Waals surface area contributed by atoms with E-state index in [2.05, 4.69) is 52.7 Å². The molecule has 1 aliphatic rings. The highest BCUT2D eigenvalue weighted by atomic mass is 127. The molecule has 6 heteroatoms. The monoisotopic (exact) mass is 422 g/mol. The van der Waals surface area contributed by atoms with Gasteiger partial charge in [-0.25, -0.2) is 0 Å². The predicted molar refractivity (Wildman–Crippen MR) is 103 cm³/mol. The molecule has 1 aromatic rings. The molecule has 0 saturated carbocycles. The van der Waals surface area contributed by atoms with Gasteiger partial charge in [-0.05, 0) is 44.2 Å². The van der Waals surface area contributed by atoms with Crippen LogP contribution in [0.15, 0.2) is 16.4 Å². The van der Waals surface area contributed by atoms with Crippen LogP contribution in [0.1, 0.15) is 31.2 Å². The summed E-state index contributed by atoms with van der Waals surface area (Å²) in [5.41, 5.74) is 1.55. The van der Waals surface area contributed by atoms with Crippen molar-refractivity contribution in [3.8, 4) is 0 Å². The molecule has 0 aliphatic carbocycles. The van der Waals surface area contributed by atoms with Gasteiger partial charge in [-0.2, -0.15) is 0 Å². The molecule has 4 nitrogen and oxygen atoms in total. The minimum Gasteiger partial charge on any atom is -0.355 e. The number of nitrogens with one attached hydrogen (secondary N) is 2. The van der Waals surface area contributed by atoms with Gasteiger partial charge in [0.15, 0.2) is 5.96 Å². The number of guanidine groups is 1. The van der Waals surface area contributed by atoms with Crippen LogP contribution in [-0.4, -0.2) is 43.1 Å². The second kappa shape index (κ2) is 8.33. The normalized spacial score (nSPS) is 16.1. The molecule has 21 heavy (non-hydrogen) atoms. The Bertz CT molecular complexity index is 464. The quantitative estimate of drug-likeness (QED) is 0.447. The predicted octanol–water partition coefficient (Wildman–Crippen LogP) is 2.69. The van der Waals surface area contributed by atoms with Crippen LogP contribution in [-0.2, 0) is 13.0 Å². The highest BCUT2D eigenvalue weighted by Gasteiger charge is 2.17. The summed E-state index contributed by atoms with van der Waals surface area (Å²) >= 11 is 1.89. The Morgan fingerprint density at radius 2 is 2.19 bits per heavy atom. The van der Waals surface area contributed by atoms with E-state index in [0.717, 1.165) is 25.6 Å². The minimum absolute atomic E-state index is 0. The van der Waals surface area contributed by atoms with Crippen LogP contribution in [0.3, 0.4) is 0 Å². The van der Waals surface area contributed by atoms with Gasteiger partial charge < -0.3 is 10.6 Å². The average molecular weight is 422 g/mol. The van der Waals surface area contributed by atoms with E-state index in [1.54, 1.807) is 4.88 Å². The Morgan fingerprint density at radius 3 is 2.86 bits per heavy atom. The third-order valence-corrected chi connectivity index (χ3v) is 4.35. The molecular formula is C15H27IN4S. The Hall–Kier alpha value is -0.340. The SMILES string of the molecule is CN=C(NCCN1CCc2sccc2C1)NC(C)(C)C.I. The van der Waals surface area contributed by atoms with Crippen molar-refractivity contribution in [2.75, 3.05) is 26.7 Å². The summed E-state index contributed by atoms with van der Waals surface area (Å²) in [4.78, 5) is 8.34. The van der Waals surface area contributed by atoms with Crippen LogP contribution in [0.5, 0.6) is 0 Å². The van der Waals surface area contributed by atoms with Gasteiger partial charge in [-0.15, -0.1) is 35.3 Å². The summed E-state index contributed by atoms with van der Waals surface area (Å²) in [6, 6.07) is 2.26. The summed E-state index contributed by atoms with van der Waals surface area (Å²) in [6.07, 6.45) is 1.20. The van der Waals surface area contributed by atoms with Gasteiger partial charge in [0, 0.05) is 43.6 Å². The number of rotatable bonds is 3. The number of aliphatic imine (C=N–C) groups is 1. The fourth-order valence-corrected chi connectivity index (χ4v) is 3.25. The van der Waals surface area contributed by atoms with Crippen molar-refractivity contribution in [1.82, 2.24) is 15.5 Å². The van der Waals surface area contributed by atoms with E-state index < -0.39 is 0 Å². The van der Waals surface area contributed by atoms with E-state index in [-0.39, 0.29) is 29.5 Å². The zero-order valence-electron chi connectivity index (χ0n) is 13.4. The molecule has 0 amide bonds. The highest BCUT2D eigenvalue weighted by Crippen LogP contribution is 2.23. The number of thiophene rings is 1. The van der Waals surface area contributed by atoms with Gasteiger partial charge in [-0.1, -0.05) is 0 Å².